The van der Waals surface area contributed by atoms with Crippen LogP contribution in [0.3, 0.4) is 0 Å². The number of aryl methyl sites for hydroxylation is 1. The van der Waals surface area contributed by atoms with E-state index in [0.717, 1.165) is 42.2 Å². The number of hydrogen-bond donors (Lipinski definition) is 1. The Balaban J connectivity index is 1.61. The van der Waals surface area contributed by atoms with Crippen molar-refractivity contribution in [1.82, 2.24) is 19.8 Å². The molecule has 0 aliphatic carbocycles. The summed E-state index contributed by atoms with van der Waals surface area (Å²) < 4.78 is 2.17. The Labute approximate surface area is 153 Å². The van der Waals surface area contributed by atoms with Crippen molar-refractivity contribution in [2.45, 2.75) is 25.8 Å². The van der Waals surface area contributed by atoms with Crippen molar-refractivity contribution >= 4 is 16.9 Å². The minimum Gasteiger partial charge on any atom is -0.337 e. The first-order chi connectivity index (χ1) is 12.7. The van der Waals surface area contributed by atoms with Crippen LogP contribution in [0.1, 0.15) is 19.2 Å². The predicted octanol–water partition coefficient (Wildman–Crippen LogP) is 2.78. The first kappa shape index (κ1) is 16.8. The fourth-order valence-electron chi connectivity index (χ4n) is 3.68. The third kappa shape index (κ3) is 3.22. The van der Waals surface area contributed by atoms with Gasteiger partial charge in [0.15, 0.2) is 0 Å². The van der Waals surface area contributed by atoms with Crippen LogP contribution < -0.4 is 5.32 Å². The van der Waals surface area contributed by atoms with Crippen LogP contribution in [0.25, 0.3) is 16.7 Å². The van der Waals surface area contributed by atoms with Gasteiger partial charge in [-0.05, 0) is 31.2 Å². The molecule has 2 aromatic carbocycles. The van der Waals surface area contributed by atoms with Gasteiger partial charge in [-0.3, -0.25) is 9.36 Å². The number of carbonyl (C=O) groups excluding carboxylic acids is 1. The van der Waals surface area contributed by atoms with Crippen LogP contribution in [0.15, 0.2) is 54.6 Å². The van der Waals surface area contributed by atoms with E-state index < -0.39 is 0 Å². The molecule has 0 bridgehead atoms. The van der Waals surface area contributed by atoms with E-state index in [9.17, 15) is 4.79 Å². The molecular weight excluding hydrogens is 324 g/mol. The third-order valence-corrected chi connectivity index (χ3v) is 5.03. The quantitative estimate of drug-likeness (QED) is 0.789. The predicted molar refractivity (Wildman–Crippen MR) is 103 cm³/mol. The van der Waals surface area contributed by atoms with Crippen molar-refractivity contribution in [3.05, 3.63) is 60.4 Å². The van der Waals surface area contributed by atoms with Crippen LogP contribution in [-0.2, 0) is 11.2 Å². The van der Waals surface area contributed by atoms with Gasteiger partial charge >= 0.3 is 0 Å². The molecule has 1 fully saturated rings. The van der Waals surface area contributed by atoms with Gasteiger partial charge in [0.05, 0.1) is 11.0 Å². The fourth-order valence-corrected chi connectivity index (χ4v) is 3.68. The molecule has 1 amide bonds. The molecule has 0 radical (unpaired) electrons. The molecule has 0 unspecified atom stereocenters. The molecule has 0 saturated carbocycles. The maximum atomic E-state index is 12.7. The Hall–Kier alpha value is -2.66. The largest absolute Gasteiger partial charge is 0.337 e. The van der Waals surface area contributed by atoms with Gasteiger partial charge in [-0.15, -0.1) is 0 Å². The van der Waals surface area contributed by atoms with E-state index in [2.05, 4.69) is 35.0 Å². The van der Waals surface area contributed by atoms with Crippen molar-refractivity contribution in [3.8, 4) is 5.69 Å². The molecule has 0 spiro atoms. The maximum absolute atomic E-state index is 12.7. The Morgan fingerprint density at radius 1 is 1.15 bits per heavy atom. The molecular formula is C21H24N4O. The lowest BCUT2D eigenvalue weighted by atomic mass is 10.1. The summed E-state index contributed by atoms with van der Waals surface area (Å²) in [6, 6.07) is 18.6. The molecule has 1 aliphatic heterocycles. The SMILES string of the molecule is C[C@@H]1CNCCN1C(=O)CCc1nc2ccccc2n1-c1ccccc1. The van der Waals surface area contributed by atoms with E-state index >= 15 is 0 Å². The summed E-state index contributed by atoms with van der Waals surface area (Å²) in [4.78, 5) is 19.5. The van der Waals surface area contributed by atoms with Gasteiger partial charge in [0.2, 0.25) is 5.91 Å². The highest BCUT2D eigenvalue weighted by Gasteiger charge is 2.23. The molecule has 1 aliphatic rings. The lowest BCUT2D eigenvalue weighted by molar-refractivity contribution is -0.133. The first-order valence-corrected chi connectivity index (χ1v) is 9.26. The van der Waals surface area contributed by atoms with Gasteiger partial charge in [0.1, 0.15) is 5.82 Å². The van der Waals surface area contributed by atoms with Gasteiger partial charge < -0.3 is 10.2 Å². The fraction of sp³-hybridized carbons (Fsp3) is 0.333. The topological polar surface area (TPSA) is 50.2 Å². The molecule has 1 aromatic heterocycles. The number of amides is 1. The molecule has 2 heterocycles. The minimum atomic E-state index is 0.214. The number of nitrogens with one attached hydrogen (secondary N) is 1. The second kappa shape index (κ2) is 7.30. The number of aromatic nitrogens is 2. The van der Waals surface area contributed by atoms with Crippen LogP contribution in [0.2, 0.25) is 0 Å². The molecule has 4 rings (SSSR count). The van der Waals surface area contributed by atoms with Crippen molar-refractivity contribution in [3.63, 3.8) is 0 Å². The van der Waals surface area contributed by atoms with Gasteiger partial charge in [0.25, 0.3) is 0 Å². The number of rotatable bonds is 4. The van der Waals surface area contributed by atoms with Crippen molar-refractivity contribution < 1.29 is 4.79 Å². The van der Waals surface area contributed by atoms with Crippen molar-refractivity contribution in [2.75, 3.05) is 19.6 Å². The van der Waals surface area contributed by atoms with E-state index in [1.165, 1.54) is 0 Å². The highest BCUT2D eigenvalue weighted by molar-refractivity contribution is 5.79. The molecule has 3 aromatic rings. The highest BCUT2D eigenvalue weighted by atomic mass is 16.2. The smallest absolute Gasteiger partial charge is 0.223 e. The Kier molecular flexibility index (Phi) is 4.71. The lowest BCUT2D eigenvalue weighted by Crippen LogP contribution is -2.52. The second-order valence-electron chi connectivity index (χ2n) is 6.83. The maximum Gasteiger partial charge on any atom is 0.223 e. The van der Waals surface area contributed by atoms with Crippen molar-refractivity contribution in [2.24, 2.45) is 0 Å². The summed E-state index contributed by atoms with van der Waals surface area (Å²) >= 11 is 0. The second-order valence-corrected chi connectivity index (χ2v) is 6.83. The summed E-state index contributed by atoms with van der Waals surface area (Å²) in [5.74, 6) is 1.15. The third-order valence-electron chi connectivity index (χ3n) is 5.03. The number of piperazine rings is 1. The lowest BCUT2D eigenvalue weighted by Gasteiger charge is -2.34. The monoisotopic (exact) mass is 348 g/mol. The molecule has 1 N–H and O–H groups in total. The summed E-state index contributed by atoms with van der Waals surface area (Å²) in [6.45, 7) is 4.63. The number of nitrogens with zero attached hydrogens (tertiary/aromatic N) is 3. The number of para-hydroxylation sites is 3. The Bertz CT molecular complexity index is 903. The van der Waals surface area contributed by atoms with Crippen LogP contribution >= 0.6 is 0 Å². The van der Waals surface area contributed by atoms with Crippen molar-refractivity contribution in [1.29, 1.82) is 0 Å². The molecule has 1 saturated heterocycles. The van der Waals surface area contributed by atoms with E-state index in [-0.39, 0.29) is 11.9 Å². The summed E-state index contributed by atoms with van der Waals surface area (Å²) in [5.41, 5.74) is 3.13. The average Bonchev–Trinajstić information content (AvgIpc) is 3.05. The number of benzene rings is 2. The van der Waals surface area contributed by atoms with Crippen LogP contribution in [0.5, 0.6) is 0 Å². The van der Waals surface area contributed by atoms with Crippen LogP contribution in [0, 0.1) is 0 Å². The molecule has 1 atom stereocenters. The van der Waals surface area contributed by atoms with Gasteiger partial charge in [-0.1, -0.05) is 30.3 Å². The zero-order valence-electron chi connectivity index (χ0n) is 15.1. The molecule has 26 heavy (non-hydrogen) atoms. The minimum absolute atomic E-state index is 0.214. The average molecular weight is 348 g/mol. The Morgan fingerprint density at radius 2 is 1.92 bits per heavy atom. The summed E-state index contributed by atoms with van der Waals surface area (Å²) in [7, 11) is 0. The normalized spacial score (nSPS) is 17.6. The first-order valence-electron chi connectivity index (χ1n) is 9.26. The molecule has 134 valence electrons. The number of carbonyl (C=O) groups is 1. The van der Waals surface area contributed by atoms with E-state index in [1.54, 1.807) is 0 Å². The molecule has 5 nitrogen and oxygen atoms in total. The number of hydrogen-bond acceptors (Lipinski definition) is 3. The van der Waals surface area contributed by atoms with Crippen LogP contribution in [0.4, 0.5) is 0 Å². The van der Waals surface area contributed by atoms with E-state index in [0.29, 0.717) is 12.8 Å². The Morgan fingerprint density at radius 3 is 2.73 bits per heavy atom. The van der Waals surface area contributed by atoms with Gasteiger partial charge in [-0.2, -0.15) is 0 Å². The van der Waals surface area contributed by atoms with Crippen LogP contribution in [-0.4, -0.2) is 46.0 Å². The zero-order valence-corrected chi connectivity index (χ0v) is 15.1. The zero-order chi connectivity index (χ0) is 17.9. The summed E-state index contributed by atoms with van der Waals surface area (Å²) in [5, 5.41) is 3.33. The van der Waals surface area contributed by atoms with Gasteiger partial charge in [0, 0.05) is 44.2 Å². The standard InChI is InChI=1S/C21H24N4O/c1-16-15-22-13-14-24(16)21(26)12-11-20-23-18-9-5-6-10-19(18)25(20)17-7-3-2-4-8-17/h2-10,16,22H,11-15H2,1H3/t16-/m1/s1. The number of imidazole rings is 1. The highest BCUT2D eigenvalue weighted by Crippen LogP contribution is 2.22. The molecule has 5 heteroatoms. The number of fused-ring (bicyclic) bond motifs is 1. The summed E-state index contributed by atoms with van der Waals surface area (Å²) in [6.07, 6.45) is 1.12. The van der Waals surface area contributed by atoms with Gasteiger partial charge in [-0.25, -0.2) is 4.98 Å². The van der Waals surface area contributed by atoms with E-state index in [4.69, 9.17) is 4.98 Å². The van der Waals surface area contributed by atoms with E-state index in [1.807, 2.05) is 41.3 Å².